The van der Waals surface area contributed by atoms with Gasteiger partial charge in [-0.2, -0.15) is 15.1 Å². The highest BCUT2D eigenvalue weighted by Gasteiger charge is 2.36. The van der Waals surface area contributed by atoms with Crippen LogP contribution in [0.4, 0.5) is 0 Å². The van der Waals surface area contributed by atoms with Crippen molar-refractivity contribution in [2.75, 3.05) is 27.4 Å². The number of hydrazone groups is 1. The van der Waals surface area contributed by atoms with Crippen molar-refractivity contribution in [1.82, 2.24) is 5.01 Å². The van der Waals surface area contributed by atoms with Crippen LogP contribution in [0.2, 0.25) is 0 Å². The first kappa shape index (κ1) is 25.3. The molecular formula is C26H28N4O5S. The van der Waals surface area contributed by atoms with E-state index in [0.29, 0.717) is 34.6 Å². The maximum atomic E-state index is 12.7. The van der Waals surface area contributed by atoms with Gasteiger partial charge in [0.05, 0.1) is 19.8 Å². The largest absolute Gasteiger partial charge is 0.493 e. The van der Waals surface area contributed by atoms with Crippen molar-refractivity contribution in [2.45, 2.75) is 20.8 Å². The first-order chi connectivity index (χ1) is 17.3. The van der Waals surface area contributed by atoms with Gasteiger partial charge in [0.2, 0.25) is 10.9 Å². The molecular weight excluding hydrogens is 480 g/mol. The van der Waals surface area contributed by atoms with E-state index in [4.69, 9.17) is 24.4 Å². The van der Waals surface area contributed by atoms with Crippen LogP contribution in [0.15, 0.2) is 52.1 Å². The minimum Gasteiger partial charge on any atom is -0.493 e. The van der Waals surface area contributed by atoms with Crippen molar-refractivity contribution in [2.24, 2.45) is 16.0 Å². The normalized spacial score (nSPS) is 16.2. The predicted molar refractivity (Wildman–Crippen MR) is 142 cm³/mol. The van der Waals surface area contributed by atoms with Crippen LogP contribution in [0.3, 0.4) is 0 Å². The van der Waals surface area contributed by atoms with Crippen LogP contribution >= 0.6 is 11.8 Å². The summed E-state index contributed by atoms with van der Waals surface area (Å²) in [5.74, 6) is 1.71. The molecule has 0 fully saturated rings. The summed E-state index contributed by atoms with van der Waals surface area (Å²) in [6.07, 6.45) is 1.58. The summed E-state index contributed by atoms with van der Waals surface area (Å²) in [4.78, 5) is 16.9. The molecule has 9 nitrogen and oxygen atoms in total. The highest BCUT2D eigenvalue weighted by Crippen LogP contribution is 2.39. The zero-order chi connectivity index (χ0) is 25.8. The Morgan fingerprint density at radius 1 is 1.06 bits per heavy atom. The highest BCUT2D eigenvalue weighted by atomic mass is 32.2. The van der Waals surface area contributed by atoms with Gasteiger partial charge in [0, 0.05) is 5.92 Å². The molecule has 4 rings (SSSR count). The number of nitrogens with zero attached hydrogens (tertiary/aromatic N) is 3. The van der Waals surface area contributed by atoms with Crippen molar-refractivity contribution in [1.29, 1.82) is 5.41 Å². The molecule has 0 saturated carbocycles. The van der Waals surface area contributed by atoms with Gasteiger partial charge in [0.25, 0.3) is 5.91 Å². The summed E-state index contributed by atoms with van der Waals surface area (Å²) in [5.41, 5.74) is 1.76. The van der Waals surface area contributed by atoms with Gasteiger partial charge in [0.15, 0.2) is 17.3 Å². The summed E-state index contributed by atoms with van der Waals surface area (Å²) in [6, 6.07) is 11.2. The Morgan fingerprint density at radius 2 is 1.72 bits per heavy atom. The Balaban J connectivity index is 1.54. The van der Waals surface area contributed by atoms with Crippen LogP contribution in [-0.2, 0) is 4.79 Å². The van der Waals surface area contributed by atoms with Crippen LogP contribution in [0.1, 0.15) is 25.0 Å². The number of carbonyl (C=O) groups excluding carboxylic acids is 1. The number of carbonyl (C=O) groups is 1. The number of amidine groups is 2. The maximum Gasteiger partial charge on any atom is 0.283 e. The average Bonchev–Trinajstić information content (AvgIpc) is 3.30. The summed E-state index contributed by atoms with van der Waals surface area (Å²) in [5, 5.41) is 15.6. The Labute approximate surface area is 214 Å². The van der Waals surface area contributed by atoms with Crippen molar-refractivity contribution in [3.05, 3.63) is 53.1 Å². The molecule has 2 aliphatic heterocycles. The zero-order valence-corrected chi connectivity index (χ0v) is 21.6. The van der Waals surface area contributed by atoms with E-state index < -0.39 is 5.91 Å². The number of nitrogens with one attached hydrogen (secondary N) is 1. The van der Waals surface area contributed by atoms with E-state index in [-0.39, 0.29) is 23.9 Å². The third-order valence-corrected chi connectivity index (χ3v) is 6.65. The fraction of sp³-hybridized carbons (Fsp3) is 0.308. The third kappa shape index (κ3) is 5.23. The second-order valence-corrected chi connectivity index (χ2v) is 9.32. The Bertz CT molecular complexity index is 1260. The summed E-state index contributed by atoms with van der Waals surface area (Å²) >= 11 is 1.31. The molecule has 0 bridgehead atoms. The number of methoxy groups -OCH3 is 2. The lowest BCUT2D eigenvalue weighted by Gasteiger charge is -2.20. The van der Waals surface area contributed by atoms with Gasteiger partial charge in [-0.3, -0.25) is 10.2 Å². The molecule has 1 amide bonds. The molecule has 0 atom stereocenters. The Kier molecular flexibility index (Phi) is 7.64. The van der Waals surface area contributed by atoms with Gasteiger partial charge < -0.3 is 18.9 Å². The number of rotatable bonds is 9. The SMILES string of the molecule is COc1cc(/C=C2\C(=N)N3N=C(C(C)C)SC3=NC2=O)cc(OC)c1OCCOc1ccccc1C. The first-order valence-corrected chi connectivity index (χ1v) is 12.2. The van der Waals surface area contributed by atoms with Crippen molar-refractivity contribution >= 4 is 39.8 Å². The minimum absolute atomic E-state index is 0.0280. The number of para-hydroxylation sites is 1. The summed E-state index contributed by atoms with van der Waals surface area (Å²) in [7, 11) is 3.05. The van der Waals surface area contributed by atoms with E-state index in [1.54, 1.807) is 18.2 Å². The van der Waals surface area contributed by atoms with Gasteiger partial charge in [-0.1, -0.05) is 32.0 Å². The number of thioether (sulfide) groups is 1. The molecule has 36 heavy (non-hydrogen) atoms. The lowest BCUT2D eigenvalue weighted by molar-refractivity contribution is -0.114. The second-order valence-electron chi connectivity index (χ2n) is 8.33. The van der Waals surface area contributed by atoms with Gasteiger partial charge in [0.1, 0.15) is 24.0 Å². The number of amides is 1. The lowest BCUT2D eigenvalue weighted by Crippen LogP contribution is -2.35. The number of hydrogen-bond donors (Lipinski definition) is 1. The quantitative estimate of drug-likeness (QED) is 0.385. The number of ether oxygens (including phenoxy) is 4. The first-order valence-electron chi connectivity index (χ1n) is 11.4. The topological polar surface area (TPSA) is 106 Å². The maximum absolute atomic E-state index is 12.7. The summed E-state index contributed by atoms with van der Waals surface area (Å²) < 4.78 is 22.8. The van der Waals surface area contributed by atoms with Crippen molar-refractivity contribution in [3.63, 3.8) is 0 Å². The summed E-state index contributed by atoms with van der Waals surface area (Å²) in [6.45, 7) is 6.59. The molecule has 0 radical (unpaired) electrons. The highest BCUT2D eigenvalue weighted by molar-refractivity contribution is 8.27. The van der Waals surface area contributed by atoms with Gasteiger partial charge in [-0.05, 0) is 54.1 Å². The second kappa shape index (κ2) is 10.9. The van der Waals surface area contributed by atoms with E-state index in [1.165, 1.54) is 31.0 Å². The van der Waals surface area contributed by atoms with Crippen molar-refractivity contribution < 1.29 is 23.7 Å². The van der Waals surface area contributed by atoms with E-state index in [2.05, 4.69) is 10.1 Å². The standard InChI is InChI=1S/C26H28N4O5S/c1-15(2)25-29-30-23(27)18(24(31)28-26(30)36-25)12-17-13-20(32-4)22(21(14-17)33-5)35-11-10-34-19-9-7-6-8-16(19)3/h6-9,12-15,27H,10-11H2,1-5H3/b18-12+,27-23?. The van der Waals surface area contributed by atoms with Crippen molar-refractivity contribution in [3.8, 4) is 23.0 Å². The molecule has 0 unspecified atom stereocenters. The molecule has 2 aromatic rings. The number of hydrogen-bond acceptors (Lipinski definition) is 8. The van der Waals surface area contributed by atoms with Crippen LogP contribution in [0.25, 0.3) is 6.08 Å². The number of aryl methyl sites for hydroxylation is 1. The fourth-order valence-corrected chi connectivity index (χ4v) is 4.44. The number of fused-ring (bicyclic) bond motifs is 1. The smallest absolute Gasteiger partial charge is 0.283 e. The lowest BCUT2D eigenvalue weighted by atomic mass is 10.1. The van der Waals surface area contributed by atoms with E-state index in [1.807, 2.05) is 45.0 Å². The molecule has 0 spiro atoms. The Morgan fingerprint density at radius 3 is 2.36 bits per heavy atom. The van der Waals surface area contributed by atoms with E-state index >= 15 is 0 Å². The minimum atomic E-state index is -0.495. The van der Waals surface area contributed by atoms with Crippen LogP contribution in [0, 0.1) is 18.3 Å². The third-order valence-electron chi connectivity index (χ3n) is 5.44. The molecule has 2 aromatic carbocycles. The number of aliphatic imine (C=N–C) groups is 1. The average molecular weight is 509 g/mol. The zero-order valence-electron chi connectivity index (χ0n) is 20.8. The fourth-order valence-electron chi connectivity index (χ4n) is 3.55. The van der Waals surface area contributed by atoms with Gasteiger partial charge >= 0.3 is 0 Å². The predicted octanol–water partition coefficient (Wildman–Crippen LogP) is 4.75. The Hall–Kier alpha value is -3.79. The van der Waals surface area contributed by atoms with Crippen LogP contribution in [0.5, 0.6) is 23.0 Å². The molecule has 0 aromatic heterocycles. The molecule has 2 aliphatic rings. The molecule has 0 aliphatic carbocycles. The van der Waals surface area contributed by atoms with Crippen LogP contribution in [-0.4, -0.2) is 54.4 Å². The van der Waals surface area contributed by atoms with Gasteiger partial charge in [-0.15, -0.1) is 0 Å². The molecule has 0 saturated heterocycles. The monoisotopic (exact) mass is 508 g/mol. The number of benzene rings is 2. The molecule has 2 heterocycles. The molecule has 10 heteroatoms. The van der Waals surface area contributed by atoms with E-state index in [0.717, 1.165) is 16.4 Å². The van der Waals surface area contributed by atoms with E-state index in [9.17, 15) is 4.79 Å². The van der Waals surface area contributed by atoms with Gasteiger partial charge in [-0.25, -0.2) is 0 Å². The molecule has 1 N–H and O–H groups in total. The van der Waals surface area contributed by atoms with Crippen LogP contribution < -0.4 is 18.9 Å². The molecule has 188 valence electrons.